The largest absolute Gasteiger partial charge is 0.465 e. The topological polar surface area (TPSA) is 109 Å². The van der Waals surface area contributed by atoms with E-state index in [4.69, 9.17) is 5.11 Å². The first-order chi connectivity index (χ1) is 18.3. The number of aryl methyl sites for hydroxylation is 1. The van der Waals surface area contributed by atoms with Gasteiger partial charge in [0.1, 0.15) is 0 Å². The Morgan fingerprint density at radius 1 is 1.11 bits per heavy atom. The first-order valence-corrected chi connectivity index (χ1v) is 13.2. The van der Waals surface area contributed by atoms with Gasteiger partial charge in [0.2, 0.25) is 0 Å². The van der Waals surface area contributed by atoms with Crippen molar-refractivity contribution in [1.29, 1.82) is 0 Å². The molecular weight excluding hydrogens is 550 g/mol. The molecular formula is C28H30BrN5O4. The molecule has 10 heteroatoms. The third-order valence-corrected chi connectivity index (χ3v) is 6.90. The fourth-order valence-electron chi connectivity index (χ4n) is 4.62. The van der Waals surface area contributed by atoms with E-state index in [0.717, 1.165) is 15.7 Å². The highest BCUT2D eigenvalue weighted by Crippen LogP contribution is 2.28. The Bertz CT molecular complexity index is 1480. The highest BCUT2D eigenvalue weighted by molar-refractivity contribution is 9.10. The van der Waals surface area contributed by atoms with Gasteiger partial charge in [0.05, 0.1) is 23.8 Å². The fraction of sp³-hybridized carbons (Fsp3) is 0.286. The zero-order valence-corrected chi connectivity index (χ0v) is 22.9. The quantitative estimate of drug-likeness (QED) is 0.261. The maximum atomic E-state index is 13.8. The molecule has 2 aromatic carbocycles. The van der Waals surface area contributed by atoms with Gasteiger partial charge in [-0.1, -0.05) is 53.2 Å². The van der Waals surface area contributed by atoms with Crippen LogP contribution in [0.1, 0.15) is 53.1 Å². The summed E-state index contributed by atoms with van der Waals surface area (Å²) in [5.74, 6) is -0.192. The highest BCUT2D eigenvalue weighted by Gasteiger charge is 2.28. The molecule has 0 saturated heterocycles. The zero-order valence-electron chi connectivity index (χ0n) is 21.3. The maximum absolute atomic E-state index is 13.8. The Kier molecular flexibility index (Phi) is 8.62. The number of aromatic nitrogens is 3. The van der Waals surface area contributed by atoms with Crippen molar-refractivity contribution < 1.29 is 14.7 Å². The van der Waals surface area contributed by atoms with Gasteiger partial charge in [-0.15, -0.1) is 0 Å². The van der Waals surface area contributed by atoms with Crippen LogP contribution in [0.3, 0.4) is 0 Å². The van der Waals surface area contributed by atoms with Crippen molar-refractivity contribution in [3.63, 3.8) is 0 Å². The van der Waals surface area contributed by atoms with E-state index in [1.165, 1.54) is 4.52 Å². The number of rotatable bonds is 10. The molecule has 198 valence electrons. The number of carbonyl (C=O) groups excluding carboxylic acids is 1. The van der Waals surface area contributed by atoms with E-state index in [-0.39, 0.29) is 18.1 Å². The molecule has 1 atom stereocenters. The van der Waals surface area contributed by atoms with E-state index in [0.29, 0.717) is 42.7 Å². The monoisotopic (exact) mass is 579 g/mol. The number of fused-ring (bicyclic) bond motifs is 1. The molecule has 2 amide bonds. The van der Waals surface area contributed by atoms with Gasteiger partial charge in [0, 0.05) is 28.8 Å². The summed E-state index contributed by atoms with van der Waals surface area (Å²) in [6, 6.07) is 20.1. The molecule has 1 unspecified atom stereocenters. The molecule has 0 aliphatic rings. The number of benzene rings is 2. The molecule has 4 aromatic rings. The van der Waals surface area contributed by atoms with E-state index in [2.05, 4.69) is 26.3 Å². The van der Waals surface area contributed by atoms with Gasteiger partial charge in [-0.05, 0) is 61.7 Å². The molecule has 38 heavy (non-hydrogen) atoms. The number of carbonyl (C=O) groups is 2. The Morgan fingerprint density at radius 2 is 1.82 bits per heavy atom. The Morgan fingerprint density at radius 3 is 2.47 bits per heavy atom. The molecule has 0 radical (unpaired) electrons. The minimum absolute atomic E-state index is 0.192. The van der Waals surface area contributed by atoms with Gasteiger partial charge >= 0.3 is 11.8 Å². The first-order valence-electron chi connectivity index (χ1n) is 12.5. The van der Waals surface area contributed by atoms with Crippen LogP contribution < -0.4 is 11.0 Å². The van der Waals surface area contributed by atoms with E-state index >= 15 is 0 Å². The predicted molar refractivity (Wildman–Crippen MR) is 149 cm³/mol. The van der Waals surface area contributed by atoms with Gasteiger partial charge in [-0.2, -0.15) is 9.61 Å². The summed E-state index contributed by atoms with van der Waals surface area (Å²) in [7, 11) is 0. The van der Waals surface area contributed by atoms with Gasteiger partial charge in [0.25, 0.3) is 5.91 Å². The molecule has 4 rings (SSSR count). The van der Waals surface area contributed by atoms with Crippen molar-refractivity contribution in [3.05, 3.63) is 104 Å². The third-order valence-electron chi connectivity index (χ3n) is 6.37. The molecule has 0 saturated carbocycles. The number of hydrogen-bond acceptors (Lipinski definition) is 4. The van der Waals surface area contributed by atoms with E-state index in [9.17, 15) is 14.4 Å². The fourth-order valence-corrected chi connectivity index (χ4v) is 4.89. The highest BCUT2D eigenvalue weighted by atomic mass is 79.9. The predicted octanol–water partition coefficient (Wildman–Crippen LogP) is 4.87. The lowest BCUT2D eigenvalue weighted by molar-refractivity contribution is 0.0659. The van der Waals surface area contributed by atoms with Crippen LogP contribution in [-0.2, 0) is 6.54 Å². The number of amides is 2. The summed E-state index contributed by atoms with van der Waals surface area (Å²) in [5.41, 5.74) is 3.26. The van der Waals surface area contributed by atoms with Crippen molar-refractivity contribution >= 4 is 33.4 Å². The average molecular weight is 580 g/mol. The molecule has 0 aliphatic carbocycles. The summed E-state index contributed by atoms with van der Waals surface area (Å²) in [4.78, 5) is 40.3. The number of carboxylic acid groups (broad SMARTS) is 1. The van der Waals surface area contributed by atoms with Crippen LogP contribution in [0, 0.1) is 6.92 Å². The third kappa shape index (κ3) is 6.13. The molecule has 2 N–H and O–H groups in total. The van der Waals surface area contributed by atoms with Gasteiger partial charge in [0.15, 0.2) is 0 Å². The molecule has 9 nitrogen and oxygen atoms in total. The van der Waals surface area contributed by atoms with Crippen molar-refractivity contribution in [3.8, 4) is 0 Å². The van der Waals surface area contributed by atoms with Crippen molar-refractivity contribution in [1.82, 2.24) is 24.4 Å². The van der Waals surface area contributed by atoms with Gasteiger partial charge in [-0.3, -0.25) is 9.36 Å². The summed E-state index contributed by atoms with van der Waals surface area (Å²) in [6.45, 7) is 4.64. The molecule has 2 heterocycles. The summed E-state index contributed by atoms with van der Waals surface area (Å²) in [5, 5.41) is 15.8. The maximum Gasteiger partial charge on any atom is 0.404 e. The Hall–Kier alpha value is -3.92. The minimum Gasteiger partial charge on any atom is -0.465 e. The molecule has 0 bridgehead atoms. The van der Waals surface area contributed by atoms with Crippen molar-refractivity contribution in [2.24, 2.45) is 0 Å². The van der Waals surface area contributed by atoms with Crippen LogP contribution in [0.2, 0.25) is 0 Å². The number of nitrogens with zero attached hydrogens (tertiary/aromatic N) is 4. The standard InChI is InChI=1S/C28H30BrN5O4/c1-3-24(32(15-7-14-30-27(36)37)26(35)21-10-12-22(29)13-11-21)25-17-23-16-19(2)31-34(23)28(38)33(25)18-20-8-5-4-6-9-20/h4-6,8-13,16-17,24,30H,3,7,14-15,18H2,1-2H3,(H,36,37). The van der Waals surface area contributed by atoms with Crippen LogP contribution in [-0.4, -0.2) is 49.3 Å². The van der Waals surface area contributed by atoms with Crippen LogP contribution in [0.4, 0.5) is 4.79 Å². The molecule has 0 spiro atoms. The van der Waals surface area contributed by atoms with E-state index in [1.54, 1.807) is 21.6 Å². The van der Waals surface area contributed by atoms with Crippen LogP contribution in [0.5, 0.6) is 0 Å². The van der Waals surface area contributed by atoms with E-state index < -0.39 is 12.1 Å². The summed E-state index contributed by atoms with van der Waals surface area (Å²) >= 11 is 3.41. The molecule has 2 aromatic heterocycles. The second-order valence-electron chi connectivity index (χ2n) is 9.06. The summed E-state index contributed by atoms with van der Waals surface area (Å²) < 4.78 is 3.93. The Labute approximate surface area is 228 Å². The normalized spacial score (nSPS) is 11.9. The second-order valence-corrected chi connectivity index (χ2v) is 9.98. The SMILES string of the molecule is CCC(c1cc2cc(C)nn2c(=O)n1Cc1ccccc1)N(CCCNC(=O)O)C(=O)c1ccc(Br)cc1. The first kappa shape index (κ1) is 27.1. The minimum atomic E-state index is -1.11. The van der Waals surface area contributed by atoms with Crippen LogP contribution in [0.25, 0.3) is 5.52 Å². The molecule has 0 aliphatic heterocycles. The lowest BCUT2D eigenvalue weighted by Crippen LogP contribution is -2.40. The average Bonchev–Trinajstić information content (AvgIpc) is 3.29. The van der Waals surface area contributed by atoms with Crippen LogP contribution in [0.15, 0.2) is 76.0 Å². The van der Waals surface area contributed by atoms with E-state index in [1.807, 2.05) is 68.4 Å². The van der Waals surface area contributed by atoms with Crippen molar-refractivity contribution in [2.75, 3.05) is 13.1 Å². The Balaban J connectivity index is 1.82. The number of hydrogen-bond donors (Lipinski definition) is 2. The smallest absolute Gasteiger partial charge is 0.404 e. The van der Waals surface area contributed by atoms with Gasteiger partial charge in [-0.25, -0.2) is 9.59 Å². The number of halogens is 1. The lowest BCUT2D eigenvalue weighted by atomic mass is 10.0. The van der Waals surface area contributed by atoms with Gasteiger partial charge < -0.3 is 15.3 Å². The van der Waals surface area contributed by atoms with Crippen LogP contribution >= 0.6 is 15.9 Å². The van der Waals surface area contributed by atoms with Crippen molar-refractivity contribution in [2.45, 2.75) is 39.3 Å². The zero-order chi connectivity index (χ0) is 27.2. The summed E-state index contributed by atoms with van der Waals surface area (Å²) in [6.07, 6.45) is -0.144. The second kappa shape index (κ2) is 12.1. The lowest BCUT2D eigenvalue weighted by Gasteiger charge is -2.33. The molecule has 0 fully saturated rings. The number of nitrogens with one attached hydrogen (secondary N) is 1.